The van der Waals surface area contributed by atoms with E-state index in [1.54, 1.807) is 48.5 Å². The molecule has 0 bridgehead atoms. The number of benzene rings is 2. The first-order valence-electron chi connectivity index (χ1n) is 6.22. The van der Waals surface area contributed by atoms with Crippen molar-refractivity contribution in [2.45, 2.75) is 12.7 Å². The Bertz CT molecular complexity index is 776. The number of halogens is 4. The van der Waals surface area contributed by atoms with E-state index < -0.39 is 12.0 Å². The van der Waals surface area contributed by atoms with E-state index in [4.69, 9.17) is 11.6 Å². The summed E-state index contributed by atoms with van der Waals surface area (Å²) in [5.74, 6) is -0.890. The summed E-state index contributed by atoms with van der Waals surface area (Å²) >= 11 is 5.79. The molecule has 6 heteroatoms. The monoisotopic (exact) mass is 310 g/mol. The summed E-state index contributed by atoms with van der Waals surface area (Å²) in [6, 6.07) is 13.3. The van der Waals surface area contributed by atoms with Crippen LogP contribution in [0.5, 0.6) is 0 Å². The third-order valence-corrected chi connectivity index (χ3v) is 3.41. The summed E-state index contributed by atoms with van der Waals surface area (Å²) in [5, 5.41) is 0.547. The van der Waals surface area contributed by atoms with Crippen LogP contribution in [-0.4, -0.2) is 9.55 Å². The van der Waals surface area contributed by atoms with Crippen LogP contribution in [0.3, 0.4) is 0 Å². The van der Waals surface area contributed by atoms with E-state index in [1.165, 1.54) is 4.57 Å². The van der Waals surface area contributed by atoms with Crippen molar-refractivity contribution in [2.24, 2.45) is 0 Å². The fourth-order valence-corrected chi connectivity index (χ4v) is 2.35. The standard InChI is InChI=1S/C15H10ClF3N2/c16-11-7-5-10(6-8-11)9-21-13-4-2-1-3-12(13)20-14(21)15(17,18)19/h1-8H,9H2. The number of aromatic nitrogens is 2. The van der Waals surface area contributed by atoms with Gasteiger partial charge in [0.25, 0.3) is 0 Å². The second-order valence-corrected chi connectivity index (χ2v) is 5.07. The van der Waals surface area contributed by atoms with Gasteiger partial charge in [0.15, 0.2) is 0 Å². The minimum absolute atomic E-state index is 0.0898. The lowest BCUT2D eigenvalue weighted by Crippen LogP contribution is -2.15. The maximum absolute atomic E-state index is 13.1. The van der Waals surface area contributed by atoms with Gasteiger partial charge in [-0.3, -0.25) is 0 Å². The van der Waals surface area contributed by atoms with E-state index >= 15 is 0 Å². The van der Waals surface area contributed by atoms with Gasteiger partial charge in [-0.1, -0.05) is 35.9 Å². The van der Waals surface area contributed by atoms with Crippen LogP contribution in [0.2, 0.25) is 5.02 Å². The summed E-state index contributed by atoms with van der Waals surface area (Å²) in [6.07, 6.45) is -4.49. The Morgan fingerprint density at radius 3 is 2.33 bits per heavy atom. The molecule has 1 aromatic heterocycles. The molecule has 2 aromatic carbocycles. The number of alkyl halides is 3. The second-order valence-electron chi connectivity index (χ2n) is 4.63. The maximum Gasteiger partial charge on any atom is 0.449 e. The molecule has 0 saturated heterocycles. The number of imidazole rings is 1. The van der Waals surface area contributed by atoms with Crippen molar-refractivity contribution in [1.29, 1.82) is 0 Å². The molecular formula is C15H10ClF3N2. The molecule has 21 heavy (non-hydrogen) atoms. The van der Waals surface area contributed by atoms with Crippen LogP contribution < -0.4 is 0 Å². The number of hydrogen-bond donors (Lipinski definition) is 0. The van der Waals surface area contributed by atoms with Gasteiger partial charge >= 0.3 is 6.18 Å². The zero-order chi connectivity index (χ0) is 15.0. The molecule has 1 heterocycles. The highest BCUT2D eigenvalue weighted by atomic mass is 35.5. The van der Waals surface area contributed by atoms with Gasteiger partial charge in [0.2, 0.25) is 5.82 Å². The minimum Gasteiger partial charge on any atom is -0.316 e. The van der Waals surface area contributed by atoms with Crippen molar-refractivity contribution in [3.63, 3.8) is 0 Å². The smallest absolute Gasteiger partial charge is 0.316 e. The normalized spacial score (nSPS) is 12.0. The van der Waals surface area contributed by atoms with Gasteiger partial charge < -0.3 is 4.57 Å². The average molecular weight is 311 g/mol. The molecule has 108 valence electrons. The van der Waals surface area contributed by atoms with Crippen LogP contribution >= 0.6 is 11.6 Å². The largest absolute Gasteiger partial charge is 0.449 e. The second kappa shape index (κ2) is 5.07. The summed E-state index contributed by atoms with van der Waals surface area (Å²) in [6.45, 7) is 0.0898. The lowest BCUT2D eigenvalue weighted by atomic mass is 10.2. The molecule has 0 aliphatic carbocycles. The van der Waals surface area contributed by atoms with Gasteiger partial charge in [-0.05, 0) is 29.8 Å². The van der Waals surface area contributed by atoms with E-state index in [9.17, 15) is 13.2 Å². The zero-order valence-corrected chi connectivity index (χ0v) is 11.5. The molecule has 0 atom stereocenters. The number of nitrogens with zero attached hydrogens (tertiary/aromatic N) is 2. The van der Waals surface area contributed by atoms with Gasteiger partial charge in [-0.15, -0.1) is 0 Å². The Morgan fingerprint density at radius 2 is 1.67 bits per heavy atom. The fourth-order valence-electron chi connectivity index (χ4n) is 2.22. The molecular weight excluding hydrogens is 301 g/mol. The Morgan fingerprint density at radius 1 is 1.00 bits per heavy atom. The highest BCUT2D eigenvalue weighted by Gasteiger charge is 2.37. The predicted octanol–water partition coefficient (Wildman–Crippen LogP) is 4.76. The molecule has 3 aromatic rings. The molecule has 0 fully saturated rings. The SMILES string of the molecule is FC(F)(F)c1nc2ccccc2n1Cc1ccc(Cl)cc1. The fraction of sp³-hybridized carbons (Fsp3) is 0.133. The summed E-state index contributed by atoms with van der Waals surface area (Å²) in [7, 11) is 0. The summed E-state index contributed by atoms with van der Waals surface area (Å²) < 4.78 is 40.6. The van der Waals surface area contributed by atoms with Gasteiger partial charge in [-0.2, -0.15) is 13.2 Å². The molecule has 0 saturated carbocycles. The highest BCUT2D eigenvalue weighted by Crippen LogP contribution is 2.32. The number of fused-ring (bicyclic) bond motifs is 1. The van der Waals surface area contributed by atoms with Crippen LogP contribution in [0.25, 0.3) is 11.0 Å². The van der Waals surface area contributed by atoms with Gasteiger partial charge in [0.1, 0.15) is 0 Å². The lowest BCUT2D eigenvalue weighted by Gasteiger charge is -2.11. The van der Waals surface area contributed by atoms with Crippen LogP contribution in [0.4, 0.5) is 13.2 Å². The number of rotatable bonds is 2. The van der Waals surface area contributed by atoms with Gasteiger partial charge in [0.05, 0.1) is 11.0 Å². The molecule has 0 spiro atoms. The van der Waals surface area contributed by atoms with Crippen molar-refractivity contribution in [3.05, 3.63) is 64.9 Å². The van der Waals surface area contributed by atoms with Crippen LogP contribution in [0.15, 0.2) is 48.5 Å². The van der Waals surface area contributed by atoms with E-state index in [1.807, 2.05) is 0 Å². The first-order chi connectivity index (χ1) is 9.95. The molecule has 3 rings (SSSR count). The highest BCUT2D eigenvalue weighted by molar-refractivity contribution is 6.30. The lowest BCUT2D eigenvalue weighted by molar-refractivity contribution is -0.146. The van der Waals surface area contributed by atoms with Crippen LogP contribution in [-0.2, 0) is 12.7 Å². The first kappa shape index (κ1) is 13.9. The third kappa shape index (κ3) is 2.74. The molecule has 0 amide bonds. The van der Waals surface area contributed by atoms with Crippen molar-refractivity contribution in [3.8, 4) is 0 Å². The Balaban J connectivity index is 2.13. The molecule has 2 nitrogen and oxygen atoms in total. The van der Waals surface area contributed by atoms with Crippen molar-refractivity contribution in [1.82, 2.24) is 9.55 Å². The topological polar surface area (TPSA) is 17.8 Å². The summed E-state index contributed by atoms with van der Waals surface area (Å²) in [5.41, 5.74) is 1.52. The van der Waals surface area contributed by atoms with Crippen molar-refractivity contribution >= 4 is 22.6 Å². The predicted molar refractivity (Wildman–Crippen MR) is 75.3 cm³/mol. The van der Waals surface area contributed by atoms with Crippen LogP contribution in [0, 0.1) is 0 Å². The van der Waals surface area contributed by atoms with Crippen molar-refractivity contribution in [2.75, 3.05) is 0 Å². The average Bonchev–Trinajstić information content (AvgIpc) is 2.81. The van der Waals surface area contributed by atoms with Gasteiger partial charge in [-0.25, -0.2) is 4.98 Å². The van der Waals surface area contributed by atoms with Crippen molar-refractivity contribution < 1.29 is 13.2 Å². The molecule has 0 N–H and O–H groups in total. The number of hydrogen-bond acceptors (Lipinski definition) is 1. The maximum atomic E-state index is 13.1. The van der Waals surface area contributed by atoms with Crippen LogP contribution in [0.1, 0.15) is 11.4 Å². The minimum atomic E-state index is -4.49. The molecule has 0 aliphatic rings. The summed E-state index contributed by atoms with van der Waals surface area (Å²) in [4.78, 5) is 3.71. The third-order valence-electron chi connectivity index (χ3n) is 3.16. The quantitative estimate of drug-likeness (QED) is 0.667. The first-order valence-corrected chi connectivity index (χ1v) is 6.60. The van der Waals surface area contributed by atoms with E-state index in [0.29, 0.717) is 16.1 Å². The van der Waals surface area contributed by atoms with E-state index in [2.05, 4.69) is 4.98 Å². The van der Waals surface area contributed by atoms with Gasteiger partial charge in [0, 0.05) is 11.6 Å². The zero-order valence-electron chi connectivity index (χ0n) is 10.7. The molecule has 0 aliphatic heterocycles. The van der Waals surface area contributed by atoms with E-state index in [0.717, 1.165) is 5.56 Å². The van der Waals surface area contributed by atoms with E-state index in [-0.39, 0.29) is 6.54 Å². The Hall–Kier alpha value is -2.01. The molecule has 0 unspecified atom stereocenters. The molecule has 0 radical (unpaired) electrons. The Kier molecular flexibility index (Phi) is 3.37. The number of para-hydroxylation sites is 2. The Labute approximate surface area is 123 Å².